The van der Waals surface area contributed by atoms with Gasteiger partial charge >= 0.3 is 0 Å². The predicted molar refractivity (Wildman–Crippen MR) is 102 cm³/mol. The highest BCUT2D eigenvalue weighted by atomic mass is 79.9. The van der Waals surface area contributed by atoms with Crippen LogP contribution in [-0.4, -0.2) is 4.57 Å². The smallest absolute Gasteiger partial charge is 0.0900 e. The molecule has 0 saturated carbocycles. The number of fused-ring (bicyclic) bond motifs is 1. The van der Waals surface area contributed by atoms with Gasteiger partial charge < -0.3 is 4.57 Å². The highest BCUT2D eigenvalue weighted by molar-refractivity contribution is 9.10. The Hall–Kier alpha value is -2.49. The van der Waals surface area contributed by atoms with Crippen LogP contribution < -0.4 is 0 Å². The number of hydrogen-bond acceptors (Lipinski definition) is 1. The van der Waals surface area contributed by atoms with Crippen molar-refractivity contribution in [2.24, 2.45) is 0 Å². The van der Waals surface area contributed by atoms with Crippen LogP contribution in [0, 0.1) is 23.2 Å². The molecule has 0 unspecified atom stereocenters. The Balaban J connectivity index is 1.73. The second kappa shape index (κ2) is 7.86. The fourth-order valence-corrected chi connectivity index (χ4v) is 3.54. The molecule has 24 heavy (non-hydrogen) atoms. The fraction of sp³-hybridized carbons (Fsp3) is 0.190. The zero-order valence-corrected chi connectivity index (χ0v) is 14.9. The molecule has 0 fully saturated rings. The average molecular weight is 377 g/mol. The number of unbranched alkanes of at least 4 members (excludes halogenated alkanes) is 1. The molecule has 0 radical (unpaired) electrons. The van der Waals surface area contributed by atoms with Crippen molar-refractivity contribution in [2.75, 3.05) is 0 Å². The number of aromatic nitrogens is 1. The number of halogens is 1. The van der Waals surface area contributed by atoms with Crippen LogP contribution in [0.25, 0.3) is 10.9 Å². The molecule has 0 amide bonds. The average Bonchev–Trinajstić information content (AvgIpc) is 2.88. The summed E-state index contributed by atoms with van der Waals surface area (Å²) < 4.78 is 3.26. The summed E-state index contributed by atoms with van der Waals surface area (Å²) in [6.45, 7) is 0.885. The van der Waals surface area contributed by atoms with Gasteiger partial charge in [0.1, 0.15) is 0 Å². The molecule has 0 aliphatic rings. The fourth-order valence-electron chi connectivity index (χ4n) is 2.82. The topological polar surface area (TPSA) is 28.7 Å². The molecular weight excluding hydrogens is 360 g/mol. The van der Waals surface area contributed by atoms with Gasteiger partial charge in [0.15, 0.2) is 0 Å². The lowest BCUT2D eigenvalue weighted by atomic mass is 10.1. The summed E-state index contributed by atoms with van der Waals surface area (Å²) in [5.41, 5.74) is 3.30. The first-order valence-corrected chi connectivity index (χ1v) is 8.77. The molecule has 2 nitrogen and oxygen atoms in total. The molecule has 118 valence electrons. The van der Waals surface area contributed by atoms with Crippen LogP contribution in [0.3, 0.4) is 0 Å². The summed E-state index contributed by atoms with van der Waals surface area (Å²) in [5.74, 6) is 6.43. The van der Waals surface area contributed by atoms with Crippen molar-refractivity contribution in [1.29, 1.82) is 5.26 Å². The van der Waals surface area contributed by atoms with E-state index in [4.69, 9.17) is 5.26 Å². The van der Waals surface area contributed by atoms with Crippen molar-refractivity contribution in [3.8, 4) is 17.9 Å². The van der Waals surface area contributed by atoms with Gasteiger partial charge in [-0.25, -0.2) is 0 Å². The second-order valence-corrected chi connectivity index (χ2v) is 6.30. The Kier molecular flexibility index (Phi) is 5.36. The lowest BCUT2D eigenvalue weighted by molar-refractivity contribution is 0.664. The SMILES string of the molecule is N#CCc1c(Br)n(CCCC#Cc2ccccc2)c2ccccc12. The van der Waals surface area contributed by atoms with Crippen molar-refractivity contribution in [2.45, 2.75) is 25.8 Å². The number of rotatable bonds is 4. The number of hydrogen-bond donors (Lipinski definition) is 0. The van der Waals surface area contributed by atoms with E-state index in [0.717, 1.165) is 40.5 Å². The van der Waals surface area contributed by atoms with Crippen LogP contribution in [0.4, 0.5) is 0 Å². The Labute approximate surface area is 150 Å². The summed E-state index contributed by atoms with van der Waals surface area (Å²) in [7, 11) is 0. The number of benzene rings is 2. The maximum absolute atomic E-state index is 9.07. The van der Waals surface area contributed by atoms with E-state index in [0.29, 0.717) is 6.42 Å². The van der Waals surface area contributed by atoms with Crippen molar-refractivity contribution >= 4 is 26.8 Å². The molecule has 0 atom stereocenters. The molecule has 0 aliphatic carbocycles. The maximum Gasteiger partial charge on any atom is 0.0900 e. The summed E-state index contributed by atoms with van der Waals surface area (Å²) >= 11 is 3.68. The highest BCUT2D eigenvalue weighted by Crippen LogP contribution is 2.31. The van der Waals surface area contributed by atoms with Crippen molar-refractivity contribution in [1.82, 2.24) is 4.57 Å². The minimum atomic E-state index is 0.419. The van der Waals surface area contributed by atoms with Crippen LogP contribution >= 0.6 is 15.9 Å². The van der Waals surface area contributed by atoms with E-state index < -0.39 is 0 Å². The Morgan fingerprint density at radius 1 is 1.00 bits per heavy atom. The molecule has 1 heterocycles. The summed E-state index contributed by atoms with van der Waals surface area (Å²) in [6, 6.07) is 20.6. The Bertz CT molecular complexity index is 937. The number of nitriles is 1. The first-order valence-electron chi connectivity index (χ1n) is 7.97. The molecule has 0 spiro atoms. The lowest BCUT2D eigenvalue weighted by Gasteiger charge is -2.05. The van der Waals surface area contributed by atoms with Gasteiger partial charge in [-0.1, -0.05) is 48.2 Å². The minimum Gasteiger partial charge on any atom is -0.335 e. The first kappa shape index (κ1) is 16.4. The molecule has 3 aromatic rings. The normalized spacial score (nSPS) is 10.2. The van der Waals surface area contributed by atoms with Crippen molar-refractivity contribution in [3.05, 3.63) is 70.3 Å². The van der Waals surface area contributed by atoms with Gasteiger partial charge in [-0.05, 0) is 40.5 Å². The molecule has 0 bridgehead atoms. The Morgan fingerprint density at radius 3 is 2.54 bits per heavy atom. The summed E-state index contributed by atoms with van der Waals surface area (Å²) in [4.78, 5) is 0. The number of nitrogens with zero attached hydrogens (tertiary/aromatic N) is 2. The van der Waals surface area contributed by atoms with Crippen LogP contribution in [-0.2, 0) is 13.0 Å². The molecule has 3 heteroatoms. The van der Waals surface area contributed by atoms with E-state index in [2.05, 4.69) is 50.5 Å². The lowest BCUT2D eigenvalue weighted by Crippen LogP contribution is -1.98. The highest BCUT2D eigenvalue weighted by Gasteiger charge is 2.13. The number of aryl methyl sites for hydroxylation is 1. The monoisotopic (exact) mass is 376 g/mol. The van der Waals surface area contributed by atoms with Crippen molar-refractivity contribution < 1.29 is 0 Å². The first-order chi connectivity index (χ1) is 11.8. The van der Waals surface area contributed by atoms with Gasteiger partial charge in [0.25, 0.3) is 0 Å². The van der Waals surface area contributed by atoms with Gasteiger partial charge in [-0.2, -0.15) is 5.26 Å². The van der Waals surface area contributed by atoms with Crippen LogP contribution in [0.5, 0.6) is 0 Å². The Morgan fingerprint density at radius 2 is 1.75 bits per heavy atom. The predicted octanol–water partition coefficient (Wildman–Crippen LogP) is 5.30. The van der Waals surface area contributed by atoms with Crippen LogP contribution in [0.15, 0.2) is 59.2 Å². The third kappa shape index (κ3) is 3.53. The summed E-state index contributed by atoms with van der Waals surface area (Å²) in [6.07, 6.45) is 2.24. The van der Waals surface area contributed by atoms with Gasteiger partial charge in [0.05, 0.1) is 17.1 Å². The van der Waals surface area contributed by atoms with E-state index >= 15 is 0 Å². The molecule has 0 saturated heterocycles. The van der Waals surface area contributed by atoms with E-state index in [1.807, 2.05) is 42.5 Å². The molecule has 0 N–H and O–H groups in total. The molecule has 3 rings (SSSR count). The zero-order valence-electron chi connectivity index (χ0n) is 13.3. The quantitative estimate of drug-likeness (QED) is 0.448. The van der Waals surface area contributed by atoms with Gasteiger partial charge in [-0.15, -0.1) is 0 Å². The molecule has 0 aliphatic heterocycles. The van der Waals surface area contributed by atoms with Crippen LogP contribution in [0.1, 0.15) is 24.0 Å². The van der Waals surface area contributed by atoms with E-state index in [9.17, 15) is 0 Å². The van der Waals surface area contributed by atoms with E-state index in [1.165, 1.54) is 5.52 Å². The third-order valence-electron chi connectivity index (χ3n) is 3.95. The zero-order chi connectivity index (χ0) is 16.8. The molecule has 2 aromatic carbocycles. The van der Waals surface area contributed by atoms with Gasteiger partial charge in [0, 0.05) is 35.0 Å². The van der Waals surface area contributed by atoms with Crippen molar-refractivity contribution in [3.63, 3.8) is 0 Å². The maximum atomic E-state index is 9.07. The standard InChI is InChI=1S/C21H17BrN2/c22-21-19(14-15-23)18-12-6-7-13-20(18)24(21)16-8-2-5-11-17-9-3-1-4-10-17/h1,3-4,6-7,9-10,12-13H,2,8,14,16H2. The molecule has 1 aromatic heterocycles. The van der Waals surface area contributed by atoms with Crippen LogP contribution in [0.2, 0.25) is 0 Å². The van der Waals surface area contributed by atoms with Gasteiger partial charge in [0.2, 0.25) is 0 Å². The summed E-state index contributed by atoms with van der Waals surface area (Å²) in [5, 5.41) is 10.2. The molecular formula is C21H17BrN2. The second-order valence-electron chi connectivity index (χ2n) is 5.54. The van der Waals surface area contributed by atoms with E-state index in [-0.39, 0.29) is 0 Å². The van der Waals surface area contributed by atoms with E-state index in [1.54, 1.807) is 0 Å². The van der Waals surface area contributed by atoms with Gasteiger partial charge in [-0.3, -0.25) is 0 Å². The minimum absolute atomic E-state index is 0.419. The largest absolute Gasteiger partial charge is 0.335 e. The third-order valence-corrected chi connectivity index (χ3v) is 4.86. The number of para-hydroxylation sites is 1.